The van der Waals surface area contributed by atoms with Gasteiger partial charge >= 0.3 is 12.4 Å². The number of ether oxygens (including phenoxy) is 2. The molecule has 0 aliphatic heterocycles. The zero-order valence-corrected chi connectivity index (χ0v) is 26.4. The topological polar surface area (TPSA) is 91.4 Å². The highest BCUT2D eigenvalue weighted by Crippen LogP contribution is 2.28. The predicted molar refractivity (Wildman–Crippen MR) is 162 cm³/mol. The molecule has 0 fully saturated rings. The van der Waals surface area contributed by atoms with Gasteiger partial charge in [-0.25, -0.2) is 9.69 Å². The Morgan fingerprint density at radius 2 is 1.50 bits per heavy atom. The maximum Gasteiger partial charge on any atom is 0.573 e. The normalized spacial score (nSPS) is 12.9. The minimum atomic E-state index is -4.81. The monoisotopic (exact) mass is 622 g/mol. The average Bonchev–Trinajstić information content (AvgIpc) is 2.98. The van der Waals surface area contributed by atoms with E-state index in [9.17, 15) is 27.6 Å². The molecular weight excluding hydrogens is 577 g/mol. The number of hydrogen-bond acceptors (Lipinski definition) is 6. The van der Waals surface area contributed by atoms with Gasteiger partial charge in [0, 0.05) is 31.1 Å². The number of carbonyl (C=O) groups excluding carboxylic acids is 3. The maximum absolute atomic E-state index is 13.5. The highest BCUT2D eigenvalue weighted by molar-refractivity contribution is 5.94. The molecule has 9 nitrogen and oxygen atoms in total. The number of benzene rings is 2. The van der Waals surface area contributed by atoms with Gasteiger partial charge in [-0.3, -0.25) is 9.59 Å². The highest BCUT2D eigenvalue weighted by Gasteiger charge is 2.33. The lowest BCUT2D eigenvalue weighted by atomic mass is 10.00. The molecule has 12 heteroatoms. The Balaban J connectivity index is 2.25. The number of likely N-dealkylation sites (N-methyl/N-ethyl adjacent to an activating group) is 2. The third-order valence-corrected chi connectivity index (χ3v) is 7.31. The molecule has 0 aromatic heterocycles. The molecule has 0 bridgehead atoms. The molecule has 0 aliphatic rings. The molecule has 2 rings (SSSR count). The molecule has 2 aromatic carbocycles. The summed E-state index contributed by atoms with van der Waals surface area (Å²) in [7, 11) is 3.89. The lowest BCUT2D eigenvalue weighted by Gasteiger charge is -2.34. The Bertz CT molecular complexity index is 1170. The quantitative estimate of drug-likeness (QED) is 0.161. The van der Waals surface area contributed by atoms with E-state index in [1.54, 1.807) is 29.2 Å². The number of urea groups is 1. The van der Waals surface area contributed by atoms with Gasteiger partial charge in [-0.05, 0) is 82.2 Å². The summed E-state index contributed by atoms with van der Waals surface area (Å²) in [5.41, 5.74) is 1.06. The van der Waals surface area contributed by atoms with Crippen molar-refractivity contribution in [1.29, 1.82) is 0 Å². The molecule has 0 spiro atoms. The highest BCUT2D eigenvalue weighted by atomic mass is 19.4. The van der Waals surface area contributed by atoms with E-state index in [-0.39, 0.29) is 17.6 Å². The van der Waals surface area contributed by atoms with E-state index < -0.39 is 24.7 Å². The Morgan fingerprint density at radius 1 is 0.909 bits per heavy atom. The van der Waals surface area contributed by atoms with Gasteiger partial charge < -0.3 is 24.6 Å². The second-order valence-corrected chi connectivity index (χ2v) is 10.7. The molecule has 0 aliphatic carbocycles. The Morgan fingerprint density at radius 3 is 1.98 bits per heavy atom. The fraction of sp³-hybridized carbons (Fsp3) is 0.531. The van der Waals surface area contributed by atoms with Crippen LogP contribution in [0.25, 0.3) is 0 Å². The summed E-state index contributed by atoms with van der Waals surface area (Å²) in [6.07, 6.45) is -2.96. The summed E-state index contributed by atoms with van der Waals surface area (Å²) in [6, 6.07) is 10.6. The first-order valence-electron chi connectivity index (χ1n) is 15.0. The van der Waals surface area contributed by atoms with Crippen LogP contribution in [0, 0.1) is 5.92 Å². The first-order chi connectivity index (χ1) is 20.9. The van der Waals surface area contributed by atoms with Gasteiger partial charge in [0.25, 0.3) is 5.91 Å². The van der Waals surface area contributed by atoms with Crippen LogP contribution in [0.15, 0.2) is 48.5 Å². The fourth-order valence-corrected chi connectivity index (χ4v) is 4.75. The zero-order valence-electron chi connectivity index (χ0n) is 26.4. The van der Waals surface area contributed by atoms with E-state index in [0.29, 0.717) is 62.1 Å². The molecule has 0 radical (unpaired) electrons. The van der Waals surface area contributed by atoms with Crippen LogP contribution in [0.3, 0.4) is 0 Å². The SMILES string of the molecule is CCC[C@@H](NC(=O)N(C=O)[C@@H](Oc1ccc(C(=O)N(CC)CCN(C)C)cc1)C(CC)CC)c1ccc(OC(F)(F)F)cc1. The van der Waals surface area contributed by atoms with Crippen molar-refractivity contribution >= 4 is 18.3 Å². The van der Waals surface area contributed by atoms with E-state index in [2.05, 4.69) is 10.1 Å². The number of nitrogens with one attached hydrogen (secondary N) is 1. The van der Waals surface area contributed by atoms with E-state index >= 15 is 0 Å². The predicted octanol–water partition coefficient (Wildman–Crippen LogP) is 6.46. The number of imide groups is 1. The first kappa shape index (κ1) is 36.4. The lowest BCUT2D eigenvalue weighted by molar-refractivity contribution is -0.274. The third kappa shape index (κ3) is 11.0. The second kappa shape index (κ2) is 17.5. The van der Waals surface area contributed by atoms with Crippen molar-refractivity contribution in [3.05, 3.63) is 59.7 Å². The fourth-order valence-electron chi connectivity index (χ4n) is 4.75. The molecule has 244 valence electrons. The van der Waals surface area contributed by atoms with Crippen molar-refractivity contribution in [3.8, 4) is 11.5 Å². The number of halogens is 3. The molecule has 0 unspecified atom stereocenters. The molecule has 1 N–H and O–H groups in total. The molecule has 0 saturated carbocycles. The summed E-state index contributed by atoms with van der Waals surface area (Å²) in [6.45, 7) is 9.59. The summed E-state index contributed by atoms with van der Waals surface area (Å²) >= 11 is 0. The Hall–Kier alpha value is -3.80. The van der Waals surface area contributed by atoms with Gasteiger partial charge in [-0.15, -0.1) is 13.2 Å². The molecule has 0 heterocycles. The zero-order chi connectivity index (χ0) is 32.9. The van der Waals surface area contributed by atoms with Gasteiger partial charge in [-0.2, -0.15) is 0 Å². The number of rotatable bonds is 17. The van der Waals surface area contributed by atoms with Crippen LogP contribution < -0.4 is 14.8 Å². The van der Waals surface area contributed by atoms with Gasteiger partial charge in [0.15, 0.2) is 6.23 Å². The van der Waals surface area contributed by atoms with E-state index in [0.717, 1.165) is 11.4 Å². The van der Waals surface area contributed by atoms with Crippen molar-refractivity contribution < 1.29 is 37.0 Å². The van der Waals surface area contributed by atoms with Gasteiger partial charge in [0.05, 0.1) is 6.04 Å². The van der Waals surface area contributed by atoms with Crippen LogP contribution in [0.4, 0.5) is 18.0 Å². The van der Waals surface area contributed by atoms with Crippen molar-refractivity contribution in [1.82, 2.24) is 20.0 Å². The van der Waals surface area contributed by atoms with Crippen LogP contribution in [-0.2, 0) is 4.79 Å². The smallest absolute Gasteiger partial charge is 0.470 e. The summed E-state index contributed by atoms with van der Waals surface area (Å²) in [5, 5.41) is 2.84. The lowest BCUT2D eigenvalue weighted by Crippen LogP contribution is -2.51. The molecular formula is C32H45F3N4O5. The first-order valence-corrected chi connectivity index (χ1v) is 15.0. The molecule has 4 amide bonds. The number of hydrogen-bond donors (Lipinski definition) is 1. The molecule has 2 aromatic rings. The molecule has 0 saturated heterocycles. The van der Waals surface area contributed by atoms with E-state index in [4.69, 9.17) is 4.74 Å². The standard InChI is InChI=1S/C32H45F3N4O5/c1-7-11-28(24-12-18-27(19-13-24)44-32(33,34)35)36-31(42)39(22-40)30(23(8-2)9-3)43-26-16-14-25(15-17-26)29(41)38(10-4)21-20-37(5)6/h12-19,22-23,28,30H,7-11,20-21H2,1-6H3,(H,36,42)/t28-,30+/m1/s1. The Kier molecular flexibility index (Phi) is 14.5. The van der Waals surface area contributed by atoms with Crippen molar-refractivity contribution in [2.24, 2.45) is 5.92 Å². The van der Waals surface area contributed by atoms with E-state index in [1.807, 2.05) is 46.7 Å². The van der Waals surface area contributed by atoms with Crippen LogP contribution >= 0.6 is 0 Å². The third-order valence-electron chi connectivity index (χ3n) is 7.31. The summed E-state index contributed by atoms with van der Waals surface area (Å²) < 4.78 is 47.9. The minimum Gasteiger partial charge on any atom is -0.470 e. The molecule has 44 heavy (non-hydrogen) atoms. The van der Waals surface area contributed by atoms with Crippen molar-refractivity contribution in [3.63, 3.8) is 0 Å². The van der Waals surface area contributed by atoms with E-state index in [1.165, 1.54) is 24.3 Å². The summed E-state index contributed by atoms with van der Waals surface area (Å²) in [4.78, 5) is 43.6. The minimum absolute atomic E-state index is 0.105. The van der Waals surface area contributed by atoms with Gasteiger partial charge in [0.1, 0.15) is 11.5 Å². The number of nitrogens with zero attached hydrogens (tertiary/aromatic N) is 3. The van der Waals surface area contributed by atoms with Crippen LogP contribution in [0.2, 0.25) is 0 Å². The van der Waals surface area contributed by atoms with Crippen LogP contribution in [0.5, 0.6) is 11.5 Å². The van der Waals surface area contributed by atoms with Crippen LogP contribution in [0.1, 0.15) is 75.3 Å². The summed E-state index contributed by atoms with van der Waals surface area (Å²) in [5.74, 6) is -0.286. The maximum atomic E-state index is 13.5. The van der Waals surface area contributed by atoms with Crippen molar-refractivity contribution in [2.75, 3.05) is 33.7 Å². The van der Waals surface area contributed by atoms with Gasteiger partial charge in [-0.1, -0.05) is 39.3 Å². The number of alkyl halides is 3. The molecule has 2 atom stereocenters. The average molecular weight is 623 g/mol. The Labute approximate surface area is 258 Å². The second-order valence-electron chi connectivity index (χ2n) is 10.7. The largest absolute Gasteiger partial charge is 0.573 e. The van der Waals surface area contributed by atoms with Crippen molar-refractivity contribution in [2.45, 2.75) is 72.0 Å². The number of carbonyl (C=O) groups is 3. The van der Waals surface area contributed by atoms with Crippen LogP contribution in [-0.4, -0.2) is 79.4 Å². The number of amides is 4. The van der Waals surface area contributed by atoms with Gasteiger partial charge in [0.2, 0.25) is 6.41 Å².